The molecule has 0 atom stereocenters. The highest BCUT2D eigenvalue weighted by molar-refractivity contribution is 5.73. The lowest BCUT2D eigenvalue weighted by molar-refractivity contribution is -0.139. The normalized spacial score (nSPS) is 8.87. The third-order valence-corrected chi connectivity index (χ3v) is 2.19. The second-order valence-electron chi connectivity index (χ2n) is 3.12. The number of esters is 1. The Kier molecular flexibility index (Phi) is 6.43. The number of aryl methyl sites for hydroxylation is 2. The van der Waals surface area contributed by atoms with Gasteiger partial charge in [-0.1, -0.05) is 32.0 Å². The third-order valence-electron chi connectivity index (χ3n) is 2.19. The molecule has 0 bridgehead atoms. The highest BCUT2D eigenvalue weighted by Crippen LogP contribution is 2.13. The minimum Gasteiger partial charge on any atom is -0.469 e. The van der Waals surface area contributed by atoms with Gasteiger partial charge in [0.2, 0.25) is 0 Å². The molecule has 1 aromatic carbocycles. The Labute approximate surface area is 92.3 Å². The van der Waals surface area contributed by atoms with E-state index in [1.807, 2.05) is 45.9 Å². The molecule has 0 unspecified atom stereocenters. The van der Waals surface area contributed by atoms with Gasteiger partial charge < -0.3 is 4.74 Å². The summed E-state index contributed by atoms with van der Waals surface area (Å²) in [5, 5.41) is 0. The molecule has 0 N–H and O–H groups in total. The summed E-state index contributed by atoms with van der Waals surface area (Å²) in [6.45, 7) is 8.01. The number of methoxy groups -OCH3 is 1. The Morgan fingerprint density at radius 3 is 2.07 bits per heavy atom. The maximum absolute atomic E-state index is 11.1. The smallest absolute Gasteiger partial charge is 0.309 e. The molecule has 0 spiro atoms. The average Bonchev–Trinajstić information content (AvgIpc) is 2.26. The molecular weight excluding hydrogens is 188 g/mol. The highest BCUT2D eigenvalue weighted by Gasteiger charge is 2.07. The minimum atomic E-state index is -0.183. The predicted molar refractivity (Wildman–Crippen MR) is 63.0 cm³/mol. The standard InChI is InChI=1S/C11H14O2.C2H6/c1-8-5-4-6-9(2)10(8)7-11(12)13-3;1-2/h4-6H,7H2,1-3H3;1-2H3. The van der Waals surface area contributed by atoms with E-state index in [1.165, 1.54) is 7.11 Å². The fourth-order valence-electron chi connectivity index (χ4n) is 1.34. The van der Waals surface area contributed by atoms with Crippen LogP contribution in [0.4, 0.5) is 0 Å². The molecule has 2 nitrogen and oxygen atoms in total. The quantitative estimate of drug-likeness (QED) is 0.698. The first-order valence-corrected chi connectivity index (χ1v) is 5.27. The van der Waals surface area contributed by atoms with Crippen molar-refractivity contribution in [2.24, 2.45) is 0 Å². The zero-order chi connectivity index (χ0) is 11.8. The van der Waals surface area contributed by atoms with Crippen molar-refractivity contribution in [3.05, 3.63) is 34.9 Å². The van der Waals surface area contributed by atoms with E-state index in [9.17, 15) is 4.79 Å². The molecule has 0 fully saturated rings. The molecule has 0 saturated carbocycles. The van der Waals surface area contributed by atoms with Crippen molar-refractivity contribution >= 4 is 5.97 Å². The van der Waals surface area contributed by atoms with Gasteiger partial charge in [0.15, 0.2) is 0 Å². The van der Waals surface area contributed by atoms with E-state index in [4.69, 9.17) is 0 Å². The van der Waals surface area contributed by atoms with Gasteiger partial charge >= 0.3 is 5.97 Å². The first-order valence-electron chi connectivity index (χ1n) is 5.27. The molecule has 0 aromatic heterocycles. The number of carbonyl (C=O) groups is 1. The van der Waals surface area contributed by atoms with Crippen molar-refractivity contribution in [1.29, 1.82) is 0 Å². The molecule has 1 rings (SSSR count). The van der Waals surface area contributed by atoms with Crippen LogP contribution in [-0.2, 0) is 16.0 Å². The van der Waals surface area contributed by atoms with Crippen LogP contribution in [0.3, 0.4) is 0 Å². The molecule has 0 saturated heterocycles. The molecule has 0 aliphatic carbocycles. The minimum absolute atomic E-state index is 0.183. The lowest BCUT2D eigenvalue weighted by Crippen LogP contribution is -2.07. The van der Waals surface area contributed by atoms with Gasteiger partial charge in [0.05, 0.1) is 13.5 Å². The van der Waals surface area contributed by atoms with E-state index in [2.05, 4.69) is 4.74 Å². The average molecular weight is 208 g/mol. The summed E-state index contributed by atoms with van der Waals surface area (Å²) in [5.41, 5.74) is 3.37. The van der Waals surface area contributed by atoms with Gasteiger partial charge in [-0.3, -0.25) is 4.79 Å². The SMILES string of the molecule is CC.COC(=O)Cc1c(C)cccc1C. The zero-order valence-corrected chi connectivity index (χ0v) is 10.3. The Morgan fingerprint density at radius 2 is 1.67 bits per heavy atom. The second kappa shape index (κ2) is 7.04. The third kappa shape index (κ3) is 4.15. The Bertz CT molecular complexity index is 296. The summed E-state index contributed by atoms with van der Waals surface area (Å²) >= 11 is 0. The molecule has 0 amide bonds. The van der Waals surface area contributed by atoms with Crippen molar-refractivity contribution in [3.8, 4) is 0 Å². The molecule has 1 aromatic rings. The highest BCUT2D eigenvalue weighted by atomic mass is 16.5. The van der Waals surface area contributed by atoms with E-state index in [0.29, 0.717) is 6.42 Å². The summed E-state index contributed by atoms with van der Waals surface area (Å²) in [6, 6.07) is 6.00. The Balaban J connectivity index is 0.000000921. The van der Waals surface area contributed by atoms with Crippen LogP contribution >= 0.6 is 0 Å². The van der Waals surface area contributed by atoms with Crippen LogP contribution in [0, 0.1) is 13.8 Å². The fourth-order valence-corrected chi connectivity index (χ4v) is 1.34. The first kappa shape index (κ1) is 13.7. The van der Waals surface area contributed by atoms with E-state index >= 15 is 0 Å². The van der Waals surface area contributed by atoms with Gasteiger partial charge in [-0.2, -0.15) is 0 Å². The predicted octanol–water partition coefficient (Wildman–Crippen LogP) is 3.05. The van der Waals surface area contributed by atoms with Crippen LogP contribution in [0.5, 0.6) is 0 Å². The van der Waals surface area contributed by atoms with Crippen LogP contribution < -0.4 is 0 Å². The number of hydrogen-bond donors (Lipinski definition) is 0. The fraction of sp³-hybridized carbons (Fsp3) is 0.462. The van der Waals surface area contributed by atoms with Crippen molar-refractivity contribution in [1.82, 2.24) is 0 Å². The first-order chi connectivity index (χ1) is 7.15. The van der Waals surface area contributed by atoms with Crippen molar-refractivity contribution in [2.45, 2.75) is 34.1 Å². The molecule has 2 heteroatoms. The van der Waals surface area contributed by atoms with Crippen molar-refractivity contribution in [3.63, 3.8) is 0 Å². The van der Waals surface area contributed by atoms with Gasteiger partial charge in [0.1, 0.15) is 0 Å². The molecule has 15 heavy (non-hydrogen) atoms. The van der Waals surface area contributed by atoms with Crippen LogP contribution in [0.2, 0.25) is 0 Å². The number of carbonyl (C=O) groups excluding carboxylic acids is 1. The number of ether oxygens (including phenoxy) is 1. The number of hydrogen-bond acceptors (Lipinski definition) is 2. The van der Waals surface area contributed by atoms with E-state index in [0.717, 1.165) is 16.7 Å². The largest absolute Gasteiger partial charge is 0.469 e. The molecule has 0 aliphatic rings. The monoisotopic (exact) mass is 208 g/mol. The summed E-state index contributed by atoms with van der Waals surface area (Å²) in [6.07, 6.45) is 0.370. The van der Waals surface area contributed by atoms with Gasteiger partial charge in [-0.25, -0.2) is 0 Å². The van der Waals surface area contributed by atoms with Crippen LogP contribution in [-0.4, -0.2) is 13.1 Å². The summed E-state index contributed by atoms with van der Waals surface area (Å²) in [5.74, 6) is -0.183. The van der Waals surface area contributed by atoms with Gasteiger partial charge in [-0.15, -0.1) is 0 Å². The van der Waals surface area contributed by atoms with Gasteiger partial charge in [0.25, 0.3) is 0 Å². The summed E-state index contributed by atoms with van der Waals surface area (Å²) in [4.78, 5) is 11.1. The topological polar surface area (TPSA) is 26.3 Å². The van der Waals surface area contributed by atoms with Crippen LogP contribution in [0.1, 0.15) is 30.5 Å². The molecular formula is C13H20O2. The van der Waals surface area contributed by atoms with E-state index in [1.54, 1.807) is 0 Å². The molecule has 0 aliphatic heterocycles. The number of benzene rings is 1. The van der Waals surface area contributed by atoms with E-state index < -0.39 is 0 Å². The van der Waals surface area contributed by atoms with Crippen molar-refractivity contribution in [2.75, 3.05) is 7.11 Å². The number of rotatable bonds is 2. The van der Waals surface area contributed by atoms with Gasteiger partial charge in [-0.05, 0) is 30.5 Å². The summed E-state index contributed by atoms with van der Waals surface area (Å²) in [7, 11) is 1.41. The van der Waals surface area contributed by atoms with Crippen LogP contribution in [0.15, 0.2) is 18.2 Å². The van der Waals surface area contributed by atoms with Gasteiger partial charge in [0, 0.05) is 0 Å². The van der Waals surface area contributed by atoms with E-state index in [-0.39, 0.29) is 5.97 Å². The lowest BCUT2D eigenvalue weighted by Gasteiger charge is -2.07. The molecule has 0 heterocycles. The molecule has 84 valence electrons. The lowest BCUT2D eigenvalue weighted by atomic mass is 10.0. The maximum Gasteiger partial charge on any atom is 0.309 e. The second-order valence-corrected chi connectivity index (χ2v) is 3.12. The Morgan fingerprint density at radius 1 is 1.20 bits per heavy atom. The Hall–Kier alpha value is -1.31. The zero-order valence-electron chi connectivity index (χ0n) is 10.3. The summed E-state index contributed by atoms with van der Waals surface area (Å²) < 4.78 is 4.63. The van der Waals surface area contributed by atoms with Crippen molar-refractivity contribution < 1.29 is 9.53 Å². The maximum atomic E-state index is 11.1. The molecule has 0 radical (unpaired) electrons. The van der Waals surface area contributed by atoms with Crippen LogP contribution in [0.25, 0.3) is 0 Å².